The summed E-state index contributed by atoms with van der Waals surface area (Å²) in [7, 11) is 1.39. The lowest BCUT2D eigenvalue weighted by Gasteiger charge is -2.31. The SMILES string of the molecule is CC.CC1c2ccccc2C(C)(C)C1c1ccc(N2C(=O)c3ccc(C(=O)c4ccc5c(c4)C(=O)N(C)C5=O)cc3C2=O)cc1. The van der Waals surface area contributed by atoms with Crippen LogP contribution in [0.1, 0.15) is 120 Å². The quantitative estimate of drug-likeness (QED) is 0.184. The Kier molecular flexibility index (Phi) is 7.15. The summed E-state index contributed by atoms with van der Waals surface area (Å²) in [5.41, 5.74) is 5.43. The lowest BCUT2D eigenvalue weighted by molar-refractivity contribution is 0.0692. The maximum Gasteiger partial charge on any atom is 0.266 e. The molecule has 1 aliphatic carbocycles. The molecule has 7 rings (SSSR count). The maximum atomic E-state index is 13.5. The molecule has 226 valence electrons. The Labute approximate surface area is 262 Å². The van der Waals surface area contributed by atoms with Crippen molar-refractivity contribution in [1.82, 2.24) is 4.90 Å². The second-order valence-electron chi connectivity index (χ2n) is 12.1. The van der Waals surface area contributed by atoms with Crippen molar-refractivity contribution in [2.24, 2.45) is 0 Å². The van der Waals surface area contributed by atoms with Crippen LogP contribution >= 0.6 is 0 Å². The molecule has 0 aromatic heterocycles. The molecule has 4 amide bonds. The first-order valence-electron chi connectivity index (χ1n) is 15.2. The van der Waals surface area contributed by atoms with Gasteiger partial charge in [-0.3, -0.25) is 28.9 Å². The van der Waals surface area contributed by atoms with Crippen molar-refractivity contribution >= 4 is 35.1 Å². The van der Waals surface area contributed by atoms with Gasteiger partial charge in [0.25, 0.3) is 23.6 Å². The zero-order valence-corrected chi connectivity index (χ0v) is 26.2. The third-order valence-corrected chi connectivity index (χ3v) is 9.43. The van der Waals surface area contributed by atoms with E-state index in [1.165, 1.54) is 54.6 Å². The molecule has 7 nitrogen and oxygen atoms in total. The molecule has 0 radical (unpaired) electrons. The number of imide groups is 2. The van der Waals surface area contributed by atoms with Gasteiger partial charge >= 0.3 is 0 Å². The van der Waals surface area contributed by atoms with Gasteiger partial charge in [0.05, 0.1) is 27.9 Å². The highest BCUT2D eigenvalue weighted by Gasteiger charge is 2.45. The van der Waals surface area contributed by atoms with Gasteiger partial charge in [0.15, 0.2) is 5.78 Å². The number of amides is 4. The third-order valence-electron chi connectivity index (χ3n) is 9.43. The highest BCUT2D eigenvalue weighted by molar-refractivity contribution is 6.35. The standard InChI is InChI=1S/C36H28N2O5.C2H6/c1-19-24-7-5-6-8-29(24)36(2,3)30(19)20-9-13-23(14-10-20)38-34(42)26-16-12-22(18-28(26)35(38)43)31(39)21-11-15-25-27(17-21)33(41)37(4)32(25)40;1-2/h5-19,30H,1-4H3;1-2H3. The molecule has 0 saturated heterocycles. The summed E-state index contributed by atoms with van der Waals surface area (Å²) >= 11 is 0. The maximum absolute atomic E-state index is 13.5. The highest BCUT2D eigenvalue weighted by atomic mass is 16.2. The summed E-state index contributed by atoms with van der Waals surface area (Å²) in [5, 5.41) is 0. The largest absolute Gasteiger partial charge is 0.289 e. The summed E-state index contributed by atoms with van der Waals surface area (Å²) in [6, 6.07) is 25.0. The Morgan fingerprint density at radius 3 is 1.78 bits per heavy atom. The molecule has 2 aliphatic heterocycles. The van der Waals surface area contributed by atoms with E-state index >= 15 is 0 Å². The molecular weight excluding hydrogens is 564 g/mol. The Balaban J connectivity index is 0.00000175. The number of nitrogens with zero attached hydrogens (tertiary/aromatic N) is 2. The third kappa shape index (κ3) is 4.37. The first kappa shape index (κ1) is 29.9. The minimum Gasteiger partial charge on any atom is -0.289 e. The number of hydrogen-bond acceptors (Lipinski definition) is 5. The van der Waals surface area contributed by atoms with Crippen LogP contribution in [0.25, 0.3) is 0 Å². The monoisotopic (exact) mass is 598 g/mol. The smallest absolute Gasteiger partial charge is 0.266 e. The fourth-order valence-corrected chi connectivity index (χ4v) is 7.27. The van der Waals surface area contributed by atoms with Gasteiger partial charge < -0.3 is 0 Å². The van der Waals surface area contributed by atoms with Crippen molar-refractivity contribution in [2.45, 2.75) is 51.9 Å². The van der Waals surface area contributed by atoms with Gasteiger partial charge in [-0.1, -0.05) is 83.1 Å². The fraction of sp³-hybridized carbons (Fsp3) is 0.237. The molecule has 0 fully saturated rings. The van der Waals surface area contributed by atoms with Gasteiger partial charge in [-0.05, 0) is 70.3 Å². The van der Waals surface area contributed by atoms with Gasteiger partial charge in [0.2, 0.25) is 0 Å². The minimum absolute atomic E-state index is 0.0758. The van der Waals surface area contributed by atoms with E-state index in [1.54, 1.807) is 0 Å². The average Bonchev–Trinajstić information content (AvgIpc) is 3.53. The van der Waals surface area contributed by atoms with Gasteiger partial charge in [-0.25, -0.2) is 4.90 Å². The van der Waals surface area contributed by atoms with Crippen molar-refractivity contribution in [3.8, 4) is 0 Å². The number of ketones is 1. The van der Waals surface area contributed by atoms with Crippen molar-refractivity contribution < 1.29 is 24.0 Å². The summed E-state index contributed by atoms with van der Waals surface area (Å²) in [6.45, 7) is 10.8. The van der Waals surface area contributed by atoms with Crippen LogP contribution in [0.2, 0.25) is 0 Å². The van der Waals surface area contributed by atoms with E-state index in [4.69, 9.17) is 0 Å². The molecular formula is C38H34N2O5. The van der Waals surface area contributed by atoms with Crippen LogP contribution < -0.4 is 4.90 Å². The first-order valence-corrected chi connectivity index (χ1v) is 15.2. The van der Waals surface area contributed by atoms with Gasteiger partial charge in [0, 0.05) is 18.2 Å². The van der Waals surface area contributed by atoms with E-state index in [9.17, 15) is 24.0 Å². The highest BCUT2D eigenvalue weighted by Crippen LogP contribution is 2.55. The topological polar surface area (TPSA) is 91.8 Å². The Morgan fingerprint density at radius 1 is 0.667 bits per heavy atom. The average molecular weight is 599 g/mol. The summed E-state index contributed by atoms with van der Waals surface area (Å²) in [6.07, 6.45) is 0. The molecule has 4 aromatic carbocycles. The van der Waals surface area contributed by atoms with E-state index in [0.717, 1.165) is 15.4 Å². The van der Waals surface area contributed by atoms with Crippen LogP contribution in [-0.4, -0.2) is 41.4 Å². The normalized spacial score (nSPS) is 19.2. The van der Waals surface area contributed by atoms with Crippen molar-refractivity contribution in [1.29, 1.82) is 0 Å². The van der Waals surface area contributed by atoms with E-state index in [0.29, 0.717) is 11.6 Å². The summed E-state index contributed by atoms with van der Waals surface area (Å²) in [4.78, 5) is 67.1. The van der Waals surface area contributed by atoms with Crippen LogP contribution in [0.15, 0.2) is 84.9 Å². The Hall–Kier alpha value is -5.17. The number of fused-ring (bicyclic) bond motifs is 3. The number of carbonyl (C=O) groups excluding carboxylic acids is 5. The van der Waals surface area contributed by atoms with Crippen LogP contribution in [0, 0.1) is 0 Å². The number of hydrogen-bond donors (Lipinski definition) is 0. The molecule has 0 saturated carbocycles. The number of benzene rings is 4. The minimum atomic E-state index is -0.499. The molecule has 7 heteroatoms. The molecule has 0 bridgehead atoms. The summed E-state index contributed by atoms with van der Waals surface area (Å²) < 4.78 is 0. The van der Waals surface area contributed by atoms with E-state index in [2.05, 4.69) is 45.0 Å². The second kappa shape index (κ2) is 10.8. The molecule has 3 aliphatic rings. The Morgan fingerprint density at radius 2 is 1.18 bits per heavy atom. The predicted molar refractivity (Wildman–Crippen MR) is 172 cm³/mol. The second-order valence-corrected chi connectivity index (χ2v) is 12.1. The molecule has 2 atom stereocenters. The number of carbonyl (C=O) groups is 5. The van der Waals surface area contributed by atoms with Crippen LogP contribution in [0.3, 0.4) is 0 Å². The van der Waals surface area contributed by atoms with Gasteiger partial charge in [-0.15, -0.1) is 0 Å². The zero-order valence-electron chi connectivity index (χ0n) is 26.2. The predicted octanol–water partition coefficient (Wildman–Crippen LogP) is 7.15. The van der Waals surface area contributed by atoms with E-state index < -0.39 is 29.4 Å². The lowest BCUT2D eigenvalue weighted by Crippen LogP contribution is -2.29. The van der Waals surface area contributed by atoms with Crippen molar-refractivity contribution in [3.63, 3.8) is 0 Å². The van der Waals surface area contributed by atoms with Gasteiger partial charge in [-0.2, -0.15) is 0 Å². The molecule has 0 N–H and O–H groups in total. The van der Waals surface area contributed by atoms with Gasteiger partial charge in [0.1, 0.15) is 0 Å². The van der Waals surface area contributed by atoms with Crippen molar-refractivity contribution in [3.05, 3.63) is 135 Å². The van der Waals surface area contributed by atoms with Crippen LogP contribution in [0.5, 0.6) is 0 Å². The molecule has 45 heavy (non-hydrogen) atoms. The molecule has 2 heterocycles. The number of rotatable bonds is 4. The van der Waals surface area contributed by atoms with Crippen LogP contribution in [0.4, 0.5) is 5.69 Å². The first-order chi connectivity index (χ1) is 21.5. The van der Waals surface area contributed by atoms with Crippen molar-refractivity contribution in [2.75, 3.05) is 11.9 Å². The molecule has 2 unspecified atom stereocenters. The fourth-order valence-electron chi connectivity index (χ4n) is 7.27. The summed E-state index contributed by atoms with van der Waals surface area (Å²) in [5.74, 6) is -1.70. The zero-order chi connectivity index (χ0) is 32.4. The van der Waals surface area contributed by atoms with Crippen LogP contribution in [-0.2, 0) is 5.41 Å². The van der Waals surface area contributed by atoms with E-state index in [-0.39, 0.29) is 44.7 Å². The number of anilines is 1. The Bertz CT molecular complexity index is 1940. The van der Waals surface area contributed by atoms with E-state index in [1.807, 2.05) is 38.1 Å². The lowest BCUT2D eigenvalue weighted by atomic mass is 9.72. The molecule has 0 spiro atoms. The molecule has 4 aromatic rings.